The first-order chi connectivity index (χ1) is 14.2. The number of ether oxygens (including phenoxy) is 1. The molecule has 0 radical (unpaired) electrons. The van der Waals surface area contributed by atoms with Crippen molar-refractivity contribution in [3.8, 4) is 0 Å². The zero-order valence-corrected chi connectivity index (χ0v) is 19.5. The van der Waals surface area contributed by atoms with Crippen LogP contribution in [-0.4, -0.2) is 60.7 Å². The van der Waals surface area contributed by atoms with Gasteiger partial charge in [0.15, 0.2) is 0 Å². The molecule has 0 bridgehead atoms. The van der Waals surface area contributed by atoms with Gasteiger partial charge in [0.2, 0.25) is 5.91 Å². The zero-order chi connectivity index (χ0) is 21.5. The van der Waals surface area contributed by atoms with Gasteiger partial charge >= 0.3 is 0 Å². The minimum absolute atomic E-state index is 0.0813. The maximum Gasteiger partial charge on any atom is 0.219 e. The Morgan fingerprint density at radius 3 is 2.33 bits per heavy atom. The van der Waals surface area contributed by atoms with Gasteiger partial charge in [0.05, 0.1) is 5.69 Å². The molecule has 0 unspecified atom stereocenters. The maximum atomic E-state index is 11.9. The number of aromatic nitrogens is 2. The number of carbonyl (C=O) groups is 1. The fourth-order valence-electron chi connectivity index (χ4n) is 5.50. The summed E-state index contributed by atoms with van der Waals surface area (Å²) in [5.74, 6) is 3.00. The van der Waals surface area contributed by atoms with Crippen LogP contribution in [0.3, 0.4) is 0 Å². The smallest absolute Gasteiger partial charge is 0.219 e. The highest BCUT2D eigenvalue weighted by atomic mass is 16.5. The molecule has 166 valence electrons. The van der Waals surface area contributed by atoms with Crippen LogP contribution in [0.15, 0.2) is 0 Å². The third-order valence-electron chi connectivity index (χ3n) is 7.49. The molecule has 4 rings (SSSR count). The van der Waals surface area contributed by atoms with Crippen LogP contribution in [-0.2, 0) is 26.8 Å². The molecule has 3 aliphatic rings. The van der Waals surface area contributed by atoms with Gasteiger partial charge in [0.1, 0.15) is 11.6 Å². The number of rotatable bonds is 3. The molecule has 1 aliphatic carbocycles. The van der Waals surface area contributed by atoms with Crippen LogP contribution < -0.4 is 4.90 Å². The van der Waals surface area contributed by atoms with E-state index in [1.807, 2.05) is 4.90 Å². The summed E-state index contributed by atoms with van der Waals surface area (Å²) in [4.78, 5) is 26.7. The summed E-state index contributed by atoms with van der Waals surface area (Å²) in [6, 6.07) is 0. The predicted octanol–water partition coefficient (Wildman–Crippen LogP) is 3.46. The Kier molecular flexibility index (Phi) is 5.82. The molecule has 3 heterocycles. The topological polar surface area (TPSA) is 58.6 Å². The van der Waals surface area contributed by atoms with Crippen molar-refractivity contribution in [2.45, 2.75) is 77.0 Å². The molecule has 6 nitrogen and oxygen atoms in total. The first-order valence-electron chi connectivity index (χ1n) is 11.6. The molecular weight excluding hydrogens is 376 g/mol. The van der Waals surface area contributed by atoms with Gasteiger partial charge in [-0.2, -0.15) is 0 Å². The number of fused-ring (bicyclic) bond motifs is 2. The van der Waals surface area contributed by atoms with Crippen LogP contribution in [0.25, 0.3) is 0 Å². The van der Waals surface area contributed by atoms with E-state index in [1.54, 1.807) is 14.0 Å². The van der Waals surface area contributed by atoms with Gasteiger partial charge in [-0.15, -0.1) is 0 Å². The van der Waals surface area contributed by atoms with Crippen molar-refractivity contribution < 1.29 is 9.53 Å². The van der Waals surface area contributed by atoms with E-state index in [0.717, 1.165) is 77.1 Å². The summed E-state index contributed by atoms with van der Waals surface area (Å²) in [6.45, 7) is 13.0. The van der Waals surface area contributed by atoms with Gasteiger partial charge in [-0.05, 0) is 44.4 Å². The Balaban J connectivity index is 1.66. The molecule has 1 aromatic rings. The molecule has 1 aromatic heterocycles. The summed E-state index contributed by atoms with van der Waals surface area (Å²) >= 11 is 0. The molecule has 2 saturated heterocycles. The number of anilines is 1. The lowest BCUT2D eigenvalue weighted by Gasteiger charge is -2.40. The maximum absolute atomic E-state index is 11.9. The first-order valence-corrected chi connectivity index (χ1v) is 11.6. The fourth-order valence-corrected chi connectivity index (χ4v) is 5.50. The van der Waals surface area contributed by atoms with Gasteiger partial charge in [-0.3, -0.25) is 4.79 Å². The molecule has 6 heteroatoms. The van der Waals surface area contributed by atoms with Gasteiger partial charge < -0.3 is 14.5 Å². The lowest BCUT2D eigenvalue weighted by molar-refractivity contribution is -0.130. The Labute approximate surface area is 181 Å². The lowest BCUT2D eigenvalue weighted by atomic mass is 9.76. The molecule has 0 atom stereocenters. The molecule has 2 aliphatic heterocycles. The Morgan fingerprint density at radius 2 is 1.77 bits per heavy atom. The molecule has 0 aromatic carbocycles. The molecule has 0 saturated carbocycles. The average Bonchev–Trinajstić information content (AvgIpc) is 3.06. The average molecular weight is 415 g/mol. The summed E-state index contributed by atoms with van der Waals surface area (Å²) < 4.78 is 5.39. The van der Waals surface area contributed by atoms with Crippen LogP contribution >= 0.6 is 0 Å². The summed E-state index contributed by atoms with van der Waals surface area (Å²) in [5, 5.41) is 0. The number of nitrogens with zero attached hydrogens (tertiary/aromatic N) is 4. The van der Waals surface area contributed by atoms with E-state index in [0.29, 0.717) is 5.92 Å². The number of amides is 1. The summed E-state index contributed by atoms with van der Waals surface area (Å²) in [5.41, 5.74) is 2.71. The minimum Gasteiger partial charge on any atom is -0.384 e. The summed E-state index contributed by atoms with van der Waals surface area (Å²) in [6.07, 6.45) is 6.58. The monoisotopic (exact) mass is 414 g/mol. The fraction of sp³-hybridized carbons (Fsp3) is 0.792. The van der Waals surface area contributed by atoms with Crippen molar-refractivity contribution in [2.75, 3.05) is 44.8 Å². The van der Waals surface area contributed by atoms with E-state index in [1.165, 1.54) is 17.1 Å². The standard InChI is InChI=1S/C24H38N4O2/c1-17(29)27-14-10-24(11-15-27)9-6-19-20(24)25-22(23(2,3)4)26-21(19)28-12-7-18(8-13-28)16-30-5/h18H,6-16H2,1-5H3. The third-order valence-corrected chi connectivity index (χ3v) is 7.49. The number of hydrogen-bond donors (Lipinski definition) is 0. The Hall–Kier alpha value is -1.69. The normalized spacial score (nSPS) is 21.9. The second-order valence-corrected chi connectivity index (χ2v) is 10.6. The van der Waals surface area contributed by atoms with E-state index in [9.17, 15) is 4.79 Å². The van der Waals surface area contributed by atoms with Crippen molar-refractivity contribution >= 4 is 11.7 Å². The van der Waals surface area contributed by atoms with Crippen molar-refractivity contribution in [1.29, 1.82) is 0 Å². The molecule has 1 spiro atoms. The van der Waals surface area contributed by atoms with Gasteiger partial charge in [-0.25, -0.2) is 9.97 Å². The number of likely N-dealkylation sites (tertiary alicyclic amines) is 1. The zero-order valence-electron chi connectivity index (χ0n) is 19.5. The Bertz CT molecular complexity index is 785. The molecular formula is C24H38N4O2. The Morgan fingerprint density at radius 1 is 1.10 bits per heavy atom. The minimum atomic E-state index is -0.0813. The van der Waals surface area contributed by atoms with Crippen molar-refractivity contribution in [1.82, 2.24) is 14.9 Å². The van der Waals surface area contributed by atoms with Crippen molar-refractivity contribution in [3.05, 3.63) is 17.1 Å². The third kappa shape index (κ3) is 3.95. The van der Waals surface area contributed by atoms with Crippen LogP contribution in [0.4, 0.5) is 5.82 Å². The second-order valence-electron chi connectivity index (χ2n) is 10.6. The van der Waals surface area contributed by atoms with Crippen molar-refractivity contribution in [3.63, 3.8) is 0 Å². The number of hydrogen-bond acceptors (Lipinski definition) is 5. The van der Waals surface area contributed by atoms with Crippen LogP contribution in [0, 0.1) is 5.92 Å². The SMILES string of the molecule is COCC1CCN(c2nc(C(C)(C)C)nc3c2CCC32CCN(C(C)=O)CC2)CC1. The number of piperidine rings is 2. The van der Waals surface area contributed by atoms with Gasteiger partial charge in [-0.1, -0.05) is 20.8 Å². The number of carbonyl (C=O) groups excluding carboxylic acids is 1. The first kappa shape index (κ1) is 21.5. The van der Waals surface area contributed by atoms with Crippen LogP contribution in [0.1, 0.15) is 76.9 Å². The lowest BCUT2D eigenvalue weighted by Crippen LogP contribution is -2.44. The highest BCUT2D eigenvalue weighted by Crippen LogP contribution is 2.48. The van der Waals surface area contributed by atoms with E-state index >= 15 is 0 Å². The van der Waals surface area contributed by atoms with Gasteiger partial charge in [0, 0.05) is 63.2 Å². The number of methoxy groups -OCH3 is 1. The van der Waals surface area contributed by atoms with E-state index in [4.69, 9.17) is 14.7 Å². The summed E-state index contributed by atoms with van der Waals surface area (Å²) in [7, 11) is 1.80. The van der Waals surface area contributed by atoms with Crippen LogP contribution in [0.5, 0.6) is 0 Å². The molecule has 1 amide bonds. The highest BCUT2D eigenvalue weighted by molar-refractivity contribution is 5.73. The van der Waals surface area contributed by atoms with E-state index in [2.05, 4.69) is 25.7 Å². The molecule has 30 heavy (non-hydrogen) atoms. The molecule has 2 fully saturated rings. The van der Waals surface area contributed by atoms with Crippen LogP contribution in [0.2, 0.25) is 0 Å². The van der Waals surface area contributed by atoms with E-state index < -0.39 is 0 Å². The predicted molar refractivity (Wildman–Crippen MR) is 119 cm³/mol. The van der Waals surface area contributed by atoms with Gasteiger partial charge in [0.25, 0.3) is 0 Å². The quantitative estimate of drug-likeness (QED) is 0.758. The largest absolute Gasteiger partial charge is 0.384 e. The van der Waals surface area contributed by atoms with E-state index in [-0.39, 0.29) is 16.7 Å². The highest BCUT2D eigenvalue weighted by Gasteiger charge is 2.45. The van der Waals surface area contributed by atoms with Crippen molar-refractivity contribution in [2.24, 2.45) is 5.92 Å². The molecule has 0 N–H and O–H groups in total. The second kappa shape index (κ2) is 8.10.